The standard InChI is InChI=1S/C14H17Cl2F3N2O3S/c15-9-4-10(16)6-12(5-9)25(23,24)20-7-11(22)8-21-3-1-2-13(21)14(17,18)19/h4-6,11,13,20,22H,1-3,7-8H2/t11-,13?/m1/s1. The van der Waals surface area contributed by atoms with Gasteiger partial charge in [-0.25, -0.2) is 13.1 Å². The van der Waals surface area contributed by atoms with Gasteiger partial charge in [0.25, 0.3) is 0 Å². The number of benzene rings is 1. The smallest absolute Gasteiger partial charge is 0.390 e. The fourth-order valence-corrected chi connectivity index (χ4v) is 4.52. The zero-order valence-electron chi connectivity index (χ0n) is 12.9. The molecule has 2 N–H and O–H groups in total. The first-order valence-corrected chi connectivity index (χ1v) is 9.67. The second-order valence-electron chi connectivity index (χ2n) is 5.81. The van der Waals surface area contributed by atoms with Crippen molar-refractivity contribution in [3.8, 4) is 0 Å². The van der Waals surface area contributed by atoms with E-state index < -0.39 is 34.9 Å². The van der Waals surface area contributed by atoms with Crippen LogP contribution < -0.4 is 4.72 Å². The first-order chi connectivity index (χ1) is 11.5. The Kier molecular flexibility index (Phi) is 6.61. The topological polar surface area (TPSA) is 69.6 Å². The van der Waals surface area contributed by atoms with Gasteiger partial charge in [0.05, 0.1) is 11.0 Å². The van der Waals surface area contributed by atoms with Crippen LogP contribution in [0.25, 0.3) is 0 Å². The summed E-state index contributed by atoms with van der Waals surface area (Å²) in [6, 6.07) is 2.12. The lowest BCUT2D eigenvalue weighted by Crippen LogP contribution is -2.46. The molecule has 1 fully saturated rings. The number of β-amino-alcohol motifs (C(OH)–C–C–N with tert-alkyl or cyclic N) is 1. The molecule has 1 heterocycles. The number of nitrogens with zero attached hydrogens (tertiary/aromatic N) is 1. The van der Waals surface area contributed by atoms with Gasteiger partial charge >= 0.3 is 6.18 Å². The van der Waals surface area contributed by atoms with E-state index in [-0.39, 0.29) is 34.5 Å². The van der Waals surface area contributed by atoms with Crippen LogP contribution in [0.15, 0.2) is 23.1 Å². The van der Waals surface area contributed by atoms with E-state index in [1.807, 2.05) is 0 Å². The molecule has 1 aromatic carbocycles. The molecule has 0 saturated carbocycles. The predicted octanol–water partition coefficient (Wildman–Crippen LogP) is 2.66. The SMILES string of the molecule is O=S(=O)(NC[C@@H](O)CN1CCCC1C(F)(F)F)c1cc(Cl)cc(Cl)c1. The number of hydrogen-bond donors (Lipinski definition) is 2. The van der Waals surface area contributed by atoms with Crippen molar-refractivity contribution >= 4 is 33.2 Å². The maximum Gasteiger partial charge on any atom is 0.404 e. The van der Waals surface area contributed by atoms with Crippen molar-refractivity contribution in [1.29, 1.82) is 0 Å². The molecule has 0 bridgehead atoms. The predicted molar refractivity (Wildman–Crippen MR) is 88.3 cm³/mol. The Bertz CT molecular complexity index is 696. The van der Waals surface area contributed by atoms with Crippen molar-refractivity contribution in [2.24, 2.45) is 0 Å². The molecule has 1 saturated heterocycles. The van der Waals surface area contributed by atoms with Gasteiger partial charge in [0.15, 0.2) is 0 Å². The van der Waals surface area contributed by atoms with Gasteiger partial charge in [-0.3, -0.25) is 4.90 Å². The summed E-state index contributed by atoms with van der Waals surface area (Å²) in [4.78, 5) is 0.932. The monoisotopic (exact) mass is 420 g/mol. The minimum absolute atomic E-state index is 0.0248. The number of aliphatic hydroxyl groups excluding tert-OH is 1. The largest absolute Gasteiger partial charge is 0.404 e. The molecule has 5 nitrogen and oxygen atoms in total. The van der Waals surface area contributed by atoms with Crippen LogP contribution in [0.4, 0.5) is 13.2 Å². The molecule has 1 aliphatic heterocycles. The van der Waals surface area contributed by atoms with Gasteiger partial charge < -0.3 is 5.11 Å². The van der Waals surface area contributed by atoms with Gasteiger partial charge in [-0.05, 0) is 37.6 Å². The molecule has 1 unspecified atom stereocenters. The molecule has 2 atom stereocenters. The molecule has 2 rings (SSSR count). The van der Waals surface area contributed by atoms with Crippen LogP contribution in [-0.4, -0.2) is 56.4 Å². The Labute approximate surface area is 153 Å². The molecule has 25 heavy (non-hydrogen) atoms. The summed E-state index contributed by atoms with van der Waals surface area (Å²) in [6.45, 7) is -0.492. The van der Waals surface area contributed by atoms with Crippen molar-refractivity contribution in [3.63, 3.8) is 0 Å². The maximum absolute atomic E-state index is 12.9. The van der Waals surface area contributed by atoms with Gasteiger partial charge in [-0.15, -0.1) is 0 Å². The number of halogens is 5. The molecule has 0 amide bonds. The number of rotatable bonds is 6. The Balaban J connectivity index is 1.96. The summed E-state index contributed by atoms with van der Waals surface area (Å²) >= 11 is 11.5. The second kappa shape index (κ2) is 7.98. The Morgan fingerprint density at radius 3 is 2.44 bits per heavy atom. The molecular formula is C14H17Cl2F3N2O3S. The van der Waals surface area contributed by atoms with Crippen molar-refractivity contribution in [2.75, 3.05) is 19.6 Å². The Hall–Kier alpha value is -0.580. The number of alkyl halides is 3. The van der Waals surface area contributed by atoms with Crippen LogP contribution in [0.3, 0.4) is 0 Å². The van der Waals surface area contributed by atoms with Crippen molar-refractivity contribution in [2.45, 2.75) is 36.1 Å². The number of nitrogens with one attached hydrogen (secondary N) is 1. The van der Waals surface area contributed by atoms with Crippen LogP contribution in [0, 0.1) is 0 Å². The maximum atomic E-state index is 12.9. The average molecular weight is 421 g/mol. The zero-order chi connectivity index (χ0) is 18.8. The summed E-state index contributed by atoms with van der Waals surface area (Å²) in [6.07, 6.45) is -5.30. The molecule has 0 radical (unpaired) electrons. The molecule has 11 heteroatoms. The van der Waals surface area contributed by atoms with Gasteiger partial charge in [-0.2, -0.15) is 13.2 Å². The molecule has 142 valence electrons. The molecular weight excluding hydrogens is 404 g/mol. The van der Waals surface area contributed by atoms with E-state index >= 15 is 0 Å². The van der Waals surface area contributed by atoms with E-state index in [9.17, 15) is 26.7 Å². The minimum Gasteiger partial charge on any atom is -0.390 e. The highest BCUT2D eigenvalue weighted by Gasteiger charge is 2.46. The first-order valence-electron chi connectivity index (χ1n) is 7.43. The highest BCUT2D eigenvalue weighted by molar-refractivity contribution is 7.89. The fourth-order valence-electron chi connectivity index (χ4n) is 2.72. The van der Waals surface area contributed by atoms with E-state index in [0.29, 0.717) is 6.42 Å². The van der Waals surface area contributed by atoms with Gasteiger partial charge in [0.2, 0.25) is 10.0 Å². The summed E-state index contributed by atoms with van der Waals surface area (Å²) in [5, 5.41) is 10.2. The summed E-state index contributed by atoms with van der Waals surface area (Å²) in [7, 11) is -4.00. The third-order valence-electron chi connectivity index (χ3n) is 3.84. The second-order valence-corrected chi connectivity index (χ2v) is 8.45. The Morgan fingerprint density at radius 1 is 1.28 bits per heavy atom. The summed E-state index contributed by atoms with van der Waals surface area (Å²) in [5.41, 5.74) is 0. The highest BCUT2D eigenvalue weighted by atomic mass is 35.5. The minimum atomic E-state index is -4.37. The summed E-state index contributed by atoms with van der Waals surface area (Å²) in [5.74, 6) is 0. The van der Waals surface area contributed by atoms with Crippen LogP contribution in [0.2, 0.25) is 10.0 Å². The number of hydrogen-bond acceptors (Lipinski definition) is 4. The van der Waals surface area contributed by atoms with Crippen molar-refractivity contribution in [3.05, 3.63) is 28.2 Å². The van der Waals surface area contributed by atoms with E-state index in [2.05, 4.69) is 4.72 Å². The van der Waals surface area contributed by atoms with E-state index in [4.69, 9.17) is 23.2 Å². The number of likely N-dealkylation sites (tertiary alicyclic amines) is 1. The van der Waals surface area contributed by atoms with Crippen LogP contribution in [0.1, 0.15) is 12.8 Å². The van der Waals surface area contributed by atoms with Crippen LogP contribution >= 0.6 is 23.2 Å². The summed E-state index contributed by atoms with van der Waals surface area (Å²) < 4.78 is 65.1. The fraction of sp³-hybridized carbons (Fsp3) is 0.571. The third-order valence-corrected chi connectivity index (χ3v) is 5.68. The van der Waals surface area contributed by atoms with Gasteiger partial charge in [0.1, 0.15) is 6.04 Å². The number of aliphatic hydroxyl groups is 1. The van der Waals surface area contributed by atoms with E-state index in [0.717, 1.165) is 4.90 Å². The van der Waals surface area contributed by atoms with Gasteiger partial charge in [0, 0.05) is 23.1 Å². The highest BCUT2D eigenvalue weighted by Crippen LogP contribution is 2.32. The Morgan fingerprint density at radius 2 is 1.88 bits per heavy atom. The quantitative estimate of drug-likeness (QED) is 0.741. The zero-order valence-corrected chi connectivity index (χ0v) is 15.3. The number of sulfonamides is 1. The van der Waals surface area contributed by atoms with Crippen LogP contribution in [0.5, 0.6) is 0 Å². The van der Waals surface area contributed by atoms with Gasteiger partial charge in [-0.1, -0.05) is 23.2 Å². The first kappa shape index (κ1) is 20.7. The third kappa shape index (κ3) is 5.70. The molecule has 0 spiro atoms. The molecule has 0 aliphatic carbocycles. The van der Waals surface area contributed by atoms with E-state index in [1.165, 1.54) is 18.2 Å². The van der Waals surface area contributed by atoms with Crippen molar-refractivity contribution < 1.29 is 26.7 Å². The molecule has 1 aliphatic rings. The lowest BCUT2D eigenvalue weighted by Gasteiger charge is -2.28. The lowest BCUT2D eigenvalue weighted by atomic mass is 10.2. The van der Waals surface area contributed by atoms with E-state index in [1.54, 1.807) is 0 Å². The van der Waals surface area contributed by atoms with Crippen molar-refractivity contribution in [1.82, 2.24) is 9.62 Å². The molecule has 1 aromatic rings. The lowest BCUT2D eigenvalue weighted by molar-refractivity contribution is -0.178. The van der Waals surface area contributed by atoms with Crippen LogP contribution in [-0.2, 0) is 10.0 Å². The average Bonchev–Trinajstić information content (AvgIpc) is 2.92. The normalized spacial score (nSPS) is 20.8. The molecule has 0 aromatic heterocycles.